The van der Waals surface area contributed by atoms with E-state index in [4.69, 9.17) is 10.5 Å². The number of ether oxygens (including phenoxy) is 1. The lowest BCUT2D eigenvalue weighted by Crippen LogP contribution is -2.29. The van der Waals surface area contributed by atoms with E-state index in [2.05, 4.69) is 17.3 Å². The van der Waals surface area contributed by atoms with E-state index in [9.17, 15) is 4.79 Å². The summed E-state index contributed by atoms with van der Waals surface area (Å²) < 4.78 is 5.39. The van der Waals surface area contributed by atoms with Crippen LogP contribution in [-0.2, 0) is 4.74 Å². The Balaban J connectivity index is 1.97. The Kier molecular flexibility index (Phi) is 5.87. The van der Waals surface area contributed by atoms with Crippen LogP contribution >= 0.6 is 11.3 Å². The summed E-state index contributed by atoms with van der Waals surface area (Å²) in [6.45, 7) is 5.42. The number of nitrogens with two attached hydrogens (primary N) is 1. The summed E-state index contributed by atoms with van der Waals surface area (Å²) in [6, 6.07) is 1.91. The number of rotatable bonds is 6. The highest BCUT2D eigenvalue weighted by molar-refractivity contribution is 7.18. The van der Waals surface area contributed by atoms with Crippen molar-refractivity contribution in [2.75, 3.05) is 44.0 Å². The SMILES string of the molecule is CCCNC(=O)c1sc(N(C)CC2CCOCC2)cc1N. The lowest BCUT2D eigenvalue weighted by atomic mass is 10.00. The fraction of sp³-hybridized carbons (Fsp3) is 0.667. The number of thiophene rings is 1. The predicted octanol–water partition coefficient (Wildman–Crippen LogP) is 2.33. The van der Waals surface area contributed by atoms with Crippen LogP contribution in [0.25, 0.3) is 0 Å². The van der Waals surface area contributed by atoms with Crippen molar-refractivity contribution in [3.05, 3.63) is 10.9 Å². The summed E-state index contributed by atoms with van der Waals surface area (Å²) >= 11 is 1.47. The number of carbonyl (C=O) groups excluding carboxylic acids is 1. The molecule has 1 saturated heterocycles. The van der Waals surface area contributed by atoms with Crippen LogP contribution < -0.4 is 16.0 Å². The van der Waals surface area contributed by atoms with Crippen LogP contribution in [0.1, 0.15) is 35.9 Å². The molecule has 0 unspecified atom stereocenters. The zero-order chi connectivity index (χ0) is 15.2. The van der Waals surface area contributed by atoms with E-state index in [0.717, 1.165) is 44.0 Å². The quantitative estimate of drug-likeness (QED) is 0.846. The van der Waals surface area contributed by atoms with Gasteiger partial charge in [0.2, 0.25) is 0 Å². The minimum absolute atomic E-state index is 0.0648. The molecule has 0 aromatic carbocycles. The Morgan fingerprint density at radius 2 is 2.24 bits per heavy atom. The molecule has 6 heteroatoms. The van der Waals surface area contributed by atoms with Crippen molar-refractivity contribution in [1.82, 2.24) is 5.32 Å². The molecule has 1 aliphatic rings. The molecule has 5 nitrogen and oxygen atoms in total. The first-order chi connectivity index (χ1) is 10.1. The van der Waals surface area contributed by atoms with Gasteiger partial charge in [0.1, 0.15) is 4.88 Å². The smallest absolute Gasteiger partial charge is 0.263 e. The Hall–Kier alpha value is -1.27. The predicted molar refractivity (Wildman–Crippen MR) is 88.2 cm³/mol. The van der Waals surface area contributed by atoms with Crippen molar-refractivity contribution >= 4 is 27.9 Å². The summed E-state index contributed by atoms with van der Waals surface area (Å²) in [6.07, 6.45) is 3.14. The third-order valence-electron chi connectivity index (χ3n) is 3.74. The molecule has 0 spiro atoms. The van der Waals surface area contributed by atoms with Gasteiger partial charge >= 0.3 is 0 Å². The second-order valence-corrected chi connectivity index (χ2v) is 6.59. The first kappa shape index (κ1) is 16.1. The van der Waals surface area contributed by atoms with Crippen LogP contribution in [0.4, 0.5) is 10.7 Å². The van der Waals surface area contributed by atoms with Gasteiger partial charge < -0.3 is 20.7 Å². The normalized spacial score (nSPS) is 15.9. The number of hydrogen-bond acceptors (Lipinski definition) is 5. The zero-order valence-electron chi connectivity index (χ0n) is 12.9. The minimum atomic E-state index is -0.0648. The first-order valence-corrected chi connectivity index (χ1v) is 8.39. The van der Waals surface area contributed by atoms with Crippen molar-refractivity contribution in [3.8, 4) is 0 Å². The molecule has 0 bridgehead atoms. The number of hydrogen-bond donors (Lipinski definition) is 2. The van der Waals surface area contributed by atoms with Gasteiger partial charge in [0.15, 0.2) is 0 Å². The van der Waals surface area contributed by atoms with Crippen molar-refractivity contribution < 1.29 is 9.53 Å². The van der Waals surface area contributed by atoms with Gasteiger partial charge in [0.05, 0.1) is 10.7 Å². The molecule has 0 aliphatic carbocycles. The highest BCUT2D eigenvalue weighted by atomic mass is 32.1. The molecule has 1 fully saturated rings. The molecular formula is C15H25N3O2S. The molecule has 21 heavy (non-hydrogen) atoms. The van der Waals surface area contributed by atoms with E-state index in [0.29, 0.717) is 23.0 Å². The zero-order valence-corrected chi connectivity index (χ0v) is 13.7. The number of carbonyl (C=O) groups is 1. The maximum absolute atomic E-state index is 12.0. The molecule has 0 saturated carbocycles. The molecule has 1 aromatic heterocycles. The Labute approximate surface area is 130 Å². The van der Waals surface area contributed by atoms with E-state index < -0.39 is 0 Å². The van der Waals surface area contributed by atoms with Gasteiger partial charge in [-0.25, -0.2) is 0 Å². The van der Waals surface area contributed by atoms with Gasteiger partial charge in [0.25, 0.3) is 5.91 Å². The van der Waals surface area contributed by atoms with Crippen molar-refractivity contribution in [2.45, 2.75) is 26.2 Å². The second-order valence-electron chi connectivity index (χ2n) is 5.56. The standard InChI is InChI=1S/C15H25N3O2S/c1-3-6-17-15(19)14-12(16)9-13(21-14)18(2)10-11-4-7-20-8-5-11/h9,11H,3-8,10,16H2,1-2H3,(H,17,19). The van der Waals surface area contributed by atoms with Gasteiger partial charge in [-0.1, -0.05) is 6.92 Å². The molecule has 0 radical (unpaired) electrons. The van der Waals surface area contributed by atoms with Gasteiger partial charge in [-0.05, 0) is 31.2 Å². The molecule has 118 valence electrons. The highest BCUT2D eigenvalue weighted by Crippen LogP contribution is 2.32. The lowest BCUT2D eigenvalue weighted by Gasteiger charge is -2.27. The molecule has 3 N–H and O–H groups in total. The molecule has 1 aromatic rings. The maximum Gasteiger partial charge on any atom is 0.263 e. The van der Waals surface area contributed by atoms with Crippen LogP contribution in [0, 0.1) is 5.92 Å². The van der Waals surface area contributed by atoms with Crippen molar-refractivity contribution in [3.63, 3.8) is 0 Å². The highest BCUT2D eigenvalue weighted by Gasteiger charge is 2.19. The Bertz CT molecular complexity index is 469. The Morgan fingerprint density at radius 3 is 2.90 bits per heavy atom. The summed E-state index contributed by atoms with van der Waals surface area (Å²) in [5.74, 6) is 0.592. The molecule has 2 rings (SSSR count). The van der Waals surface area contributed by atoms with Crippen LogP contribution in [0.2, 0.25) is 0 Å². The summed E-state index contributed by atoms with van der Waals surface area (Å²) in [5.41, 5.74) is 6.56. The third-order valence-corrected chi connectivity index (χ3v) is 5.00. The van der Waals surface area contributed by atoms with Crippen LogP contribution in [0.5, 0.6) is 0 Å². The summed E-state index contributed by atoms with van der Waals surface area (Å²) in [7, 11) is 2.06. The van der Waals surface area contributed by atoms with Crippen LogP contribution in [0.15, 0.2) is 6.07 Å². The average Bonchev–Trinajstić information content (AvgIpc) is 2.88. The van der Waals surface area contributed by atoms with E-state index >= 15 is 0 Å². The van der Waals surface area contributed by atoms with Crippen LogP contribution in [-0.4, -0.2) is 39.3 Å². The number of amides is 1. The van der Waals surface area contributed by atoms with Gasteiger partial charge in [-0.2, -0.15) is 0 Å². The maximum atomic E-state index is 12.0. The minimum Gasteiger partial charge on any atom is -0.397 e. The monoisotopic (exact) mass is 311 g/mol. The number of anilines is 2. The van der Waals surface area contributed by atoms with Crippen LogP contribution in [0.3, 0.4) is 0 Å². The number of nitrogen functional groups attached to an aromatic ring is 1. The molecule has 2 heterocycles. The average molecular weight is 311 g/mol. The summed E-state index contributed by atoms with van der Waals surface area (Å²) in [4.78, 5) is 14.9. The van der Waals surface area contributed by atoms with Gasteiger partial charge in [0, 0.05) is 33.4 Å². The number of nitrogens with zero attached hydrogens (tertiary/aromatic N) is 1. The first-order valence-electron chi connectivity index (χ1n) is 7.58. The van der Waals surface area contributed by atoms with E-state index in [1.165, 1.54) is 11.3 Å². The Morgan fingerprint density at radius 1 is 1.52 bits per heavy atom. The van der Waals surface area contributed by atoms with Gasteiger partial charge in [-0.15, -0.1) is 11.3 Å². The third kappa shape index (κ3) is 4.35. The van der Waals surface area contributed by atoms with E-state index in [-0.39, 0.29) is 5.91 Å². The molecule has 0 atom stereocenters. The summed E-state index contributed by atoms with van der Waals surface area (Å²) in [5, 5.41) is 3.94. The molecular weight excluding hydrogens is 286 g/mol. The van der Waals surface area contributed by atoms with Gasteiger partial charge in [-0.3, -0.25) is 4.79 Å². The van der Waals surface area contributed by atoms with Crippen molar-refractivity contribution in [2.24, 2.45) is 5.92 Å². The molecule has 1 aliphatic heterocycles. The fourth-order valence-electron chi connectivity index (χ4n) is 2.48. The fourth-order valence-corrected chi connectivity index (χ4v) is 3.45. The van der Waals surface area contributed by atoms with E-state index in [1.54, 1.807) is 0 Å². The van der Waals surface area contributed by atoms with Crippen molar-refractivity contribution in [1.29, 1.82) is 0 Å². The lowest BCUT2D eigenvalue weighted by molar-refractivity contribution is 0.0685. The van der Waals surface area contributed by atoms with E-state index in [1.807, 2.05) is 13.0 Å². The molecule has 1 amide bonds. The second kappa shape index (κ2) is 7.66. The number of nitrogens with one attached hydrogen (secondary N) is 1. The topological polar surface area (TPSA) is 67.6 Å². The largest absolute Gasteiger partial charge is 0.397 e.